The Balaban J connectivity index is 1.32. The second kappa shape index (κ2) is 10.7. The third-order valence-corrected chi connectivity index (χ3v) is 5.19. The fraction of sp³-hybridized carbons (Fsp3) is 0.417. The standard InChI is InChI=1S/C24H30N2O4/c1-19-5-9-21(10-6-19)29-17-3-4-23(27)25-13-15-26(16-14-25)24(28)18-30-22-11-7-20(2)8-12-22/h5-12H,3-4,13-18H2,1-2H3. The largest absolute Gasteiger partial charge is 0.494 e. The Hall–Kier alpha value is -3.02. The summed E-state index contributed by atoms with van der Waals surface area (Å²) in [6.45, 7) is 6.79. The summed E-state index contributed by atoms with van der Waals surface area (Å²) in [5.41, 5.74) is 2.34. The minimum atomic E-state index is -0.0471. The zero-order valence-corrected chi connectivity index (χ0v) is 17.8. The SMILES string of the molecule is Cc1ccc(OCCCC(=O)N2CCN(C(=O)COc3ccc(C)cc3)CC2)cc1. The first kappa shape index (κ1) is 21.7. The number of rotatable bonds is 8. The van der Waals surface area contributed by atoms with Crippen molar-refractivity contribution < 1.29 is 19.1 Å². The highest BCUT2D eigenvalue weighted by Gasteiger charge is 2.24. The van der Waals surface area contributed by atoms with Crippen LogP contribution in [0.5, 0.6) is 11.5 Å². The molecule has 6 heteroatoms. The number of nitrogens with zero attached hydrogens (tertiary/aromatic N) is 2. The van der Waals surface area contributed by atoms with Crippen LogP contribution in [0.15, 0.2) is 48.5 Å². The molecule has 2 aromatic rings. The second-order valence-corrected chi connectivity index (χ2v) is 7.63. The molecular formula is C24H30N2O4. The first-order chi connectivity index (χ1) is 14.5. The summed E-state index contributed by atoms with van der Waals surface area (Å²) in [6.07, 6.45) is 1.13. The highest BCUT2D eigenvalue weighted by molar-refractivity contribution is 5.79. The van der Waals surface area contributed by atoms with E-state index in [2.05, 4.69) is 0 Å². The van der Waals surface area contributed by atoms with Crippen LogP contribution in [0.3, 0.4) is 0 Å². The number of hydrogen-bond acceptors (Lipinski definition) is 4. The van der Waals surface area contributed by atoms with Crippen molar-refractivity contribution in [3.05, 3.63) is 59.7 Å². The molecule has 0 saturated carbocycles. The lowest BCUT2D eigenvalue weighted by Gasteiger charge is -2.34. The minimum absolute atomic E-state index is 0.0212. The van der Waals surface area contributed by atoms with Crippen LogP contribution in [0.1, 0.15) is 24.0 Å². The maximum Gasteiger partial charge on any atom is 0.260 e. The number of amides is 2. The van der Waals surface area contributed by atoms with Crippen LogP contribution >= 0.6 is 0 Å². The second-order valence-electron chi connectivity index (χ2n) is 7.63. The lowest BCUT2D eigenvalue weighted by Crippen LogP contribution is -2.51. The highest BCUT2D eigenvalue weighted by Crippen LogP contribution is 2.13. The summed E-state index contributed by atoms with van der Waals surface area (Å²) in [7, 11) is 0. The molecule has 30 heavy (non-hydrogen) atoms. The molecule has 1 fully saturated rings. The molecule has 1 saturated heterocycles. The molecule has 0 unspecified atom stereocenters. The van der Waals surface area contributed by atoms with Gasteiger partial charge in [-0.1, -0.05) is 35.4 Å². The van der Waals surface area contributed by atoms with Crippen LogP contribution in [0.2, 0.25) is 0 Å². The van der Waals surface area contributed by atoms with Gasteiger partial charge in [-0.25, -0.2) is 0 Å². The Kier molecular flexibility index (Phi) is 7.71. The monoisotopic (exact) mass is 410 g/mol. The lowest BCUT2D eigenvalue weighted by atomic mass is 10.2. The van der Waals surface area contributed by atoms with Crippen LogP contribution in [-0.4, -0.2) is 61.0 Å². The Labute approximate surface area is 178 Å². The van der Waals surface area contributed by atoms with E-state index in [1.807, 2.05) is 67.3 Å². The number of carbonyl (C=O) groups excluding carboxylic acids is 2. The smallest absolute Gasteiger partial charge is 0.260 e. The van der Waals surface area contributed by atoms with Crippen LogP contribution in [0.25, 0.3) is 0 Å². The zero-order chi connectivity index (χ0) is 21.3. The van der Waals surface area contributed by atoms with Crippen molar-refractivity contribution in [2.24, 2.45) is 0 Å². The van der Waals surface area contributed by atoms with E-state index in [1.54, 1.807) is 4.90 Å². The zero-order valence-electron chi connectivity index (χ0n) is 17.8. The maximum absolute atomic E-state index is 12.4. The molecule has 0 spiro atoms. The van der Waals surface area contributed by atoms with Crippen molar-refractivity contribution in [2.75, 3.05) is 39.4 Å². The van der Waals surface area contributed by atoms with Crippen LogP contribution in [-0.2, 0) is 9.59 Å². The number of piperazine rings is 1. The molecular weight excluding hydrogens is 380 g/mol. The summed E-state index contributed by atoms with van der Waals surface area (Å²) in [6, 6.07) is 15.5. The van der Waals surface area contributed by atoms with Crippen LogP contribution in [0, 0.1) is 13.8 Å². The molecule has 2 amide bonds. The topological polar surface area (TPSA) is 59.1 Å². The van der Waals surface area contributed by atoms with Crippen molar-refractivity contribution in [2.45, 2.75) is 26.7 Å². The van der Waals surface area contributed by atoms with Gasteiger partial charge in [0.1, 0.15) is 11.5 Å². The quantitative estimate of drug-likeness (QED) is 0.627. The van der Waals surface area contributed by atoms with Gasteiger partial charge in [0.2, 0.25) is 5.91 Å². The van der Waals surface area contributed by atoms with E-state index in [4.69, 9.17) is 9.47 Å². The van der Waals surface area contributed by atoms with Gasteiger partial charge in [0.25, 0.3) is 5.91 Å². The van der Waals surface area contributed by atoms with Crippen LogP contribution < -0.4 is 9.47 Å². The normalized spacial score (nSPS) is 13.8. The predicted molar refractivity (Wildman–Crippen MR) is 116 cm³/mol. The molecule has 3 rings (SSSR count). The fourth-order valence-electron chi connectivity index (χ4n) is 3.28. The number of hydrogen-bond donors (Lipinski definition) is 0. The van der Waals surface area contributed by atoms with Crippen LogP contribution in [0.4, 0.5) is 0 Å². The maximum atomic E-state index is 12.4. The average molecular weight is 411 g/mol. The fourth-order valence-corrected chi connectivity index (χ4v) is 3.28. The third-order valence-electron chi connectivity index (χ3n) is 5.19. The molecule has 0 aliphatic carbocycles. The van der Waals surface area contributed by atoms with E-state index in [0.717, 1.165) is 11.3 Å². The van der Waals surface area contributed by atoms with Gasteiger partial charge in [-0.05, 0) is 44.5 Å². The molecule has 0 atom stereocenters. The minimum Gasteiger partial charge on any atom is -0.494 e. The summed E-state index contributed by atoms with van der Waals surface area (Å²) in [4.78, 5) is 28.4. The highest BCUT2D eigenvalue weighted by atomic mass is 16.5. The summed E-state index contributed by atoms with van der Waals surface area (Å²) < 4.78 is 11.3. The lowest BCUT2D eigenvalue weighted by molar-refractivity contribution is -0.140. The van der Waals surface area contributed by atoms with E-state index in [0.29, 0.717) is 51.4 Å². The Bertz CT molecular complexity index is 825. The van der Waals surface area contributed by atoms with Gasteiger partial charge < -0.3 is 19.3 Å². The molecule has 1 heterocycles. The van der Waals surface area contributed by atoms with E-state index < -0.39 is 0 Å². The van der Waals surface area contributed by atoms with E-state index >= 15 is 0 Å². The molecule has 1 aliphatic heterocycles. The number of benzene rings is 2. The van der Waals surface area contributed by atoms with Crippen molar-refractivity contribution in [1.82, 2.24) is 9.80 Å². The van der Waals surface area contributed by atoms with E-state index in [9.17, 15) is 9.59 Å². The summed E-state index contributed by atoms with van der Waals surface area (Å²) in [5, 5.41) is 0. The number of ether oxygens (including phenoxy) is 2. The van der Waals surface area contributed by atoms with Gasteiger partial charge in [-0.15, -0.1) is 0 Å². The molecule has 0 radical (unpaired) electrons. The first-order valence-electron chi connectivity index (χ1n) is 10.5. The molecule has 2 aromatic carbocycles. The van der Waals surface area contributed by atoms with Crippen molar-refractivity contribution in [1.29, 1.82) is 0 Å². The molecule has 160 valence electrons. The molecule has 0 N–H and O–H groups in total. The van der Waals surface area contributed by atoms with Gasteiger partial charge in [0.05, 0.1) is 6.61 Å². The van der Waals surface area contributed by atoms with Gasteiger partial charge in [0.15, 0.2) is 6.61 Å². The predicted octanol–water partition coefficient (Wildman–Crippen LogP) is 3.21. The van der Waals surface area contributed by atoms with Crippen molar-refractivity contribution in [3.8, 4) is 11.5 Å². The number of carbonyl (C=O) groups is 2. The molecule has 6 nitrogen and oxygen atoms in total. The number of aryl methyl sites for hydroxylation is 2. The van der Waals surface area contributed by atoms with E-state index in [1.165, 1.54) is 5.56 Å². The Morgan fingerprint density at radius 2 is 1.20 bits per heavy atom. The van der Waals surface area contributed by atoms with Crippen molar-refractivity contribution >= 4 is 11.8 Å². The molecule has 0 bridgehead atoms. The Morgan fingerprint density at radius 1 is 0.733 bits per heavy atom. The molecule has 1 aliphatic rings. The van der Waals surface area contributed by atoms with Gasteiger partial charge in [-0.3, -0.25) is 9.59 Å². The van der Waals surface area contributed by atoms with Crippen molar-refractivity contribution in [3.63, 3.8) is 0 Å². The average Bonchev–Trinajstić information content (AvgIpc) is 2.77. The third kappa shape index (κ3) is 6.51. The summed E-state index contributed by atoms with van der Waals surface area (Å²) in [5.74, 6) is 1.59. The first-order valence-corrected chi connectivity index (χ1v) is 10.5. The van der Waals surface area contributed by atoms with Gasteiger partial charge in [0, 0.05) is 32.6 Å². The van der Waals surface area contributed by atoms with E-state index in [-0.39, 0.29) is 18.4 Å². The summed E-state index contributed by atoms with van der Waals surface area (Å²) >= 11 is 0. The van der Waals surface area contributed by atoms with Gasteiger partial charge in [-0.2, -0.15) is 0 Å². The Morgan fingerprint density at radius 3 is 1.73 bits per heavy atom. The molecule has 0 aromatic heterocycles. The van der Waals surface area contributed by atoms with Gasteiger partial charge >= 0.3 is 0 Å².